The van der Waals surface area contributed by atoms with Crippen LogP contribution < -0.4 is 0 Å². The van der Waals surface area contributed by atoms with Crippen molar-refractivity contribution in [3.63, 3.8) is 0 Å². The molecule has 1 aliphatic heterocycles. The van der Waals surface area contributed by atoms with E-state index >= 15 is 0 Å². The van der Waals surface area contributed by atoms with Crippen molar-refractivity contribution in [3.8, 4) is 0 Å². The van der Waals surface area contributed by atoms with Crippen molar-refractivity contribution >= 4 is 5.91 Å². The maximum atomic E-state index is 11.3. The summed E-state index contributed by atoms with van der Waals surface area (Å²) in [6, 6.07) is 9.60. The molecule has 3 nitrogen and oxygen atoms in total. The van der Waals surface area contributed by atoms with Crippen LogP contribution in [0.3, 0.4) is 0 Å². The summed E-state index contributed by atoms with van der Waals surface area (Å²) in [5.74, 6) is 0.0362. The Morgan fingerprint density at radius 2 is 2.06 bits per heavy atom. The van der Waals surface area contributed by atoms with Crippen molar-refractivity contribution in [2.24, 2.45) is 0 Å². The average Bonchev–Trinajstić information content (AvgIpc) is 2.30. The van der Waals surface area contributed by atoms with Crippen molar-refractivity contribution in [2.75, 3.05) is 13.1 Å². The number of benzene rings is 1. The molecule has 0 bridgehead atoms. The van der Waals surface area contributed by atoms with E-state index in [0.717, 1.165) is 24.9 Å². The van der Waals surface area contributed by atoms with Crippen LogP contribution in [0.25, 0.3) is 0 Å². The van der Waals surface area contributed by atoms with Gasteiger partial charge in [-0.2, -0.15) is 0 Å². The van der Waals surface area contributed by atoms with E-state index in [-0.39, 0.29) is 5.91 Å². The molecule has 1 aromatic rings. The summed E-state index contributed by atoms with van der Waals surface area (Å²) in [5, 5.41) is 10.6. The first-order valence-corrected chi connectivity index (χ1v) is 5.65. The molecule has 1 aromatic carbocycles. The van der Waals surface area contributed by atoms with Crippen LogP contribution in [-0.2, 0) is 10.4 Å². The highest BCUT2D eigenvalue weighted by molar-refractivity contribution is 5.73. The summed E-state index contributed by atoms with van der Waals surface area (Å²) in [6.07, 6.45) is 1.58. The first kappa shape index (κ1) is 11.1. The Balaban J connectivity index is 2.22. The highest BCUT2D eigenvalue weighted by Gasteiger charge is 2.35. The summed E-state index contributed by atoms with van der Waals surface area (Å²) in [4.78, 5) is 13.1. The van der Waals surface area contributed by atoms with E-state index in [9.17, 15) is 9.90 Å². The zero-order valence-corrected chi connectivity index (χ0v) is 9.52. The first-order valence-electron chi connectivity index (χ1n) is 5.65. The molecule has 86 valence electrons. The number of likely N-dealkylation sites (tertiary alicyclic amines) is 1. The van der Waals surface area contributed by atoms with Crippen LogP contribution in [0.1, 0.15) is 25.3 Å². The number of hydrogen-bond acceptors (Lipinski definition) is 2. The molecular weight excluding hydrogens is 202 g/mol. The molecule has 1 saturated heterocycles. The minimum Gasteiger partial charge on any atom is -0.383 e. The third-order valence-electron chi connectivity index (χ3n) is 3.23. The molecule has 1 heterocycles. The van der Waals surface area contributed by atoms with Gasteiger partial charge in [-0.15, -0.1) is 0 Å². The molecule has 0 saturated carbocycles. The molecule has 1 unspecified atom stereocenters. The summed E-state index contributed by atoms with van der Waals surface area (Å²) < 4.78 is 0. The second kappa shape index (κ2) is 4.26. The maximum Gasteiger partial charge on any atom is 0.219 e. The predicted molar refractivity (Wildman–Crippen MR) is 61.8 cm³/mol. The second-order valence-corrected chi connectivity index (χ2v) is 4.44. The fraction of sp³-hybridized carbons (Fsp3) is 0.462. The zero-order valence-electron chi connectivity index (χ0n) is 9.52. The molecule has 0 aromatic heterocycles. The first-order chi connectivity index (χ1) is 7.62. The summed E-state index contributed by atoms with van der Waals surface area (Å²) in [6.45, 7) is 2.72. The van der Waals surface area contributed by atoms with Crippen LogP contribution in [0.5, 0.6) is 0 Å². The maximum absolute atomic E-state index is 11.3. The average molecular weight is 219 g/mol. The SMILES string of the molecule is CC(=O)N1CCCC(O)(c2ccccc2)C1. The van der Waals surface area contributed by atoms with Gasteiger partial charge in [-0.25, -0.2) is 0 Å². The van der Waals surface area contributed by atoms with Gasteiger partial charge < -0.3 is 10.0 Å². The van der Waals surface area contributed by atoms with Crippen LogP contribution in [0, 0.1) is 0 Å². The van der Waals surface area contributed by atoms with Crippen LogP contribution in [0.15, 0.2) is 30.3 Å². The van der Waals surface area contributed by atoms with Gasteiger partial charge in [0, 0.05) is 13.5 Å². The van der Waals surface area contributed by atoms with E-state index in [1.165, 1.54) is 0 Å². The number of carbonyl (C=O) groups is 1. The number of rotatable bonds is 1. The van der Waals surface area contributed by atoms with E-state index < -0.39 is 5.60 Å². The predicted octanol–water partition coefficient (Wildman–Crippen LogP) is 1.52. The van der Waals surface area contributed by atoms with Gasteiger partial charge in [0.25, 0.3) is 0 Å². The van der Waals surface area contributed by atoms with Crippen LogP contribution in [-0.4, -0.2) is 29.0 Å². The molecule has 3 heteroatoms. The standard InChI is InChI=1S/C13H17NO2/c1-11(15)14-9-5-8-13(16,10-14)12-6-3-2-4-7-12/h2-4,6-7,16H,5,8-10H2,1H3. The van der Waals surface area contributed by atoms with Gasteiger partial charge >= 0.3 is 0 Å². The quantitative estimate of drug-likeness (QED) is 0.778. The molecule has 2 rings (SSSR count). The fourth-order valence-corrected chi connectivity index (χ4v) is 2.29. The minimum absolute atomic E-state index is 0.0362. The Morgan fingerprint density at radius 3 is 2.69 bits per heavy atom. The number of amides is 1. The van der Waals surface area contributed by atoms with Gasteiger partial charge in [0.2, 0.25) is 5.91 Å². The van der Waals surface area contributed by atoms with Crippen molar-refractivity contribution in [2.45, 2.75) is 25.4 Å². The molecule has 1 N–H and O–H groups in total. The van der Waals surface area contributed by atoms with Crippen molar-refractivity contribution < 1.29 is 9.90 Å². The van der Waals surface area contributed by atoms with E-state index in [4.69, 9.17) is 0 Å². The lowest BCUT2D eigenvalue weighted by Crippen LogP contribution is -2.47. The third kappa shape index (κ3) is 2.09. The molecule has 1 atom stereocenters. The topological polar surface area (TPSA) is 40.5 Å². The van der Waals surface area contributed by atoms with E-state index in [1.807, 2.05) is 30.3 Å². The number of aliphatic hydroxyl groups is 1. The Morgan fingerprint density at radius 1 is 1.38 bits per heavy atom. The smallest absolute Gasteiger partial charge is 0.219 e. The van der Waals surface area contributed by atoms with E-state index in [0.29, 0.717) is 6.54 Å². The monoisotopic (exact) mass is 219 g/mol. The van der Waals surface area contributed by atoms with Crippen LogP contribution in [0.4, 0.5) is 0 Å². The Labute approximate surface area is 95.7 Å². The third-order valence-corrected chi connectivity index (χ3v) is 3.23. The number of hydrogen-bond donors (Lipinski definition) is 1. The lowest BCUT2D eigenvalue weighted by Gasteiger charge is -2.39. The molecule has 1 aliphatic rings. The van der Waals surface area contributed by atoms with E-state index in [1.54, 1.807) is 11.8 Å². The van der Waals surface area contributed by atoms with Gasteiger partial charge in [0.05, 0.1) is 6.54 Å². The molecule has 16 heavy (non-hydrogen) atoms. The Hall–Kier alpha value is -1.35. The molecule has 1 amide bonds. The molecule has 0 spiro atoms. The lowest BCUT2D eigenvalue weighted by atomic mass is 9.86. The van der Waals surface area contributed by atoms with Gasteiger partial charge in [-0.1, -0.05) is 30.3 Å². The number of β-amino-alcohol motifs (C(OH)–C–C–N with tert-alkyl or cyclic N) is 1. The number of carbonyl (C=O) groups excluding carboxylic acids is 1. The van der Waals surface area contributed by atoms with Gasteiger partial charge in [0.15, 0.2) is 0 Å². The highest BCUT2D eigenvalue weighted by atomic mass is 16.3. The van der Waals surface area contributed by atoms with Gasteiger partial charge in [0.1, 0.15) is 5.60 Å². The molecule has 0 radical (unpaired) electrons. The normalized spacial score (nSPS) is 25.5. The summed E-state index contributed by atoms with van der Waals surface area (Å²) >= 11 is 0. The van der Waals surface area contributed by atoms with Crippen LogP contribution in [0.2, 0.25) is 0 Å². The van der Waals surface area contributed by atoms with Crippen molar-refractivity contribution in [1.29, 1.82) is 0 Å². The Bertz CT molecular complexity index is 377. The van der Waals surface area contributed by atoms with E-state index in [2.05, 4.69) is 0 Å². The molecule has 0 aliphatic carbocycles. The zero-order chi connectivity index (χ0) is 11.6. The fourth-order valence-electron chi connectivity index (χ4n) is 2.29. The largest absolute Gasteiger partial charge is 0.383 e. The number of piperidine rings is 1. The summed E-state index contributed by atoms with van der Waals surface area (Å²) in [7, 11) is 0. The number of nitrogens with zero attached hydrogens (tertiary/aromatic N) is 1. The van der Waals surface area contributed by atoms with Gasteiger partial charge in [-0.3, -0.25) is 4.79 Å². The van der Waals surface area contributed by atoms with Crippen molar-refractivity contribution in [1.82, 2.24) is 4.90 Å². The molecular formula is C13H17NO2. The lowest BCUT2D eigenvalue weighted by molar-refractivity contribution is -0.136. The van der Waals surface area contributed by atoms with Crippen LogP contribution >= 0.6 is 0 Å². The van der Waals surface area contributed by atoms with Gasteiger partial charge in [-0.05, 0) is 18.4 Å². The highest BCUT2D eigenvalue weighted by Crippen LogP contribution is 2.31. The summed E-state index contributed by atoms with van der Waals surface area (Å²) in [5.41, 5.74) is 0.0338. The molecule has 1 fully saturated rings. The van der Waals surface area contributed by atoms with Crippen molar-refractivity contribution in [3.05, 3.63) is 35.9 Å². The Kier molecular flexibility index (Phi) is 2.97. The second-order valence-electron chi connectivity index (χ2n) is 4.44. The minimum atomic E-state index is -0.870.